The van der Waals surface area contributed by atoms with Gasteiger partial charge in [-0.15, -0.1) is 0 Å². The monoisotopic (exact) mass is 419 g/mol. The van der Waals surface area contributed by atoms with Crippen LogP contribution in [0.4, 0.5) is 5.69 Å². The minimum Gasteiger partial charge on any atom is -0.452 e. The molecule has 30 heavy (non-hydrogen) atoms. The van der Waals surface area contributed by atoms with E-state index >= 15 is 0 Å². The van der Waals surface area contributed by atoms with Gasteiger partial charge in [-0.1, -0.05) is 75.0 Å². The number of para-hydroxylation sites is 1. The van der Waals surface area contributed by atoms with E-state index in [1.54, 1.807) is 23.9 Å². The number of hydrogen-bond acceptors (Lipinski definition) is 4. The summed E-state index contributed by atoms with van der Waals surface area (Å²) in [6, 6.07) is 24.7. The van der Waals surface area contributed by atoms with Gasteiger partial charge in [0.15, 0.2) is 6.61 Å². The van der Waals surface area contributed by atoms with Crippen molar-refractivity contribution in [3.8, 4) is 0 Å². The molecule has 0 aliphatic rings. The number of amides is 1. The third-order valence-electron chi connectivity index (χ3n) is 4.45. The van der Waals surface area contributed by atoms with Crippen LogP contribution in [-0.4, -0.2) is 18.5 Å². The van der Waals surface area contributed by atoms with Crippen LogP contribution in [0.5, 0.6) is 0 Å². The quantitative estimate of drug-likeness (QED) is 0.503. The number of hydrogen-bond donors (Lipinski definition) is 1. The lowest BCUT2D eigenvalue weighted by molar-refractivity contribution is -0.119. The molecule has 0 spiro atoms. The lowest BCUT2D eigenvalue weighted by Crippen LogP contribution is -2.21. The molecule has 0 aliphatic heterocycles. The maximum atomic E-state index is 12.3. The normalized spacial score (nSPS) is 11.0. The number of ether oxygens (including phenoxy) is 1. The highest BCUT2D eigenvalue weighted by Crippen LogP contribution is 2.33. The van der Waals surface area contributed by atoms with E-state index in [0.717, 1.165) is 15.4 Å². The minimum atomic E-state index is -0.516. The van der Waals surface area contributed by atoms with Crippen LogP contribution >= 0.6 is 11.8 Å². The second kappa shape index (κ2) is 9.63. The first-order chi connectivity index (χ1) is 14.3. The van der Waals surface area contributed by atoms with E-state index in [-0.39, 0.29) is 17.9 Å². The van der Waals surface area contributed by atoms with Crippen LogP contribution in [0.15, 0.2) is 88.7 Å². The second-order valence-electron chi connectivity index (χ2n) is 7.86. The van der Waals surface area contributed by atoms with E-state index in [2.05, 4.69) is 26.1 Å². The molecule has 154 valence electrons. The van der Waals surface area contributed by atoms with Crippen LogP contribution < -0.4 is 5.32 Å². The topological polar surface area (TPSA) is 55.4 Å². The molecule has 0 atom stereocenters. The van der Waals surface area contributed by atoms with Crippen molar-refractivity contribution < 1.29 is 14.3 Å². The van der Waals surface area contributed by atoms with Gasteiger partial charge in [0.25, 0.3) is 5.91 Å². The van der Waals surface area contributed by atoms with E-state index in [1.165, 1.54) is 0 Å². The van der Waals surface area contributed by atoms with Gasteiger partial charge in [0.1, 0.15) is 0 Å². The lowest BCUT2D eigenvalue weighted by atomic mass is 9.87. The number of anilines is 1. The van der Waals surface area contributed by atoms with Gasteiger partial charge < -0.3 is 10.1 Å². The first kappa shape index (κ1) is 21.7. The summed E-state index contributed by atoms with van der Waals surface area (Å²) in [5.74, 6) is -0.895. The average Bonchev–Trinajstić information content (AvgIpc) is 2.74. The summed E-state index contributed by atoms with van der Waals surface area (Å²) >= 11 is 1.56. The second-order valence-corrected chi connectivity index (χ2v) is 8.98. The Morgan fingerprint density at radius 1 is 0.867 bits per heavy atom. The van der Waals surface area contributed by atoms with Crippen molar-refractivity contribution in [2.45, 2.75) is 36.0 Å². The molecule has 0 bridgehead atoms. The molecule has 3 aromatic carbocycles. The van der Waals surface area contributed by atoms with Gasteiger partial charge in [0.05, 0.1) is 11.3 Å². The number of carbonyl (C=O) groups is 2. The fourth-order valence-corrected chi connectivity index (χ4v) is 3.70. The minimum absolute atomic E-state index is 0.00741. The summed E-state index contributed by atoms with van der Waals surface area (Å²) in [5, 5.41) is 2.83. The standard InChI is InChI=1S/C25H25NO3S/c1-25(2,3)19-15-13-18(14-16-19)24(28)29-17-23(27)26-21-11-7-8-12-22(21)30-20-9-5-4-6-10-20/h4-16H,17H2,1-3H3,(H,26,27). The van der Waals surface area contributed by atoms with Gasteiger partial charge >= 0.3 is 5.97 Å². The Morgan fingerprint density at radius 3 is 2.17 bits per heavy atom. The third-order valence-corrected chi connectivity index (χ3v) is 5.54. The zero-order chi connectivity index (χ0) is 21.6. The molecule has 0 aliphatic carbocycles. The lowest BCUT2D eigenvalue weighted by Gasteiger charge is -2.18. The van der Waals surface area contributed by atoms with Crippen LogP contribution in [0.3, 0.4) is 0 Å². The predicted molar refractivity (Wildman–Crippen MR) is 121 cm³/mol. The zero-order valence-electron chi connectivity index (χ0n) is 17.3. The summed E-state index contributed by atoms with van der Waals surface area (Å²) in [6.07, 6.45) is 0. The van der Waals surface area contributed by atoms with Gasteiger partial charge in [-0.25, -0.2) is 4.79 Å². The summed E-state index contributed by atoms with van der Waals surface area (Å²) < 4.78 is 5.19. The molecule has 0 aromatic heterocycles. The van der Waals surface area contributed by atoms with Crippen LogP contribution in [0.25, 0.3) is 0 Å². The van der Waals surface area contributed by atoms with Crippen molar-refractivity contribution in [3.63, 3.8) is 0 Å². The van der Waals surface area contributed by atoms with Crippen molar-refractivity contribution in [2.75, 3.05) is 11.9 Å². The zero-order valence-corrected chi connectivity index (χ0v) is 18.2. The van der Waals surface area contributed by atoms with Crippen molar-refractivity contribution in [3.05, 3.63) is 90.0 Å². The summed E-state index contributed by atoms with van der Waals surface area (Å²) in [6.45, 7) is 5.99. The molecule has 4 nitrogen and oxygen atoms in total. The molecule has 1 amide bonds. The maximum Gasteiger partial charge on any atom is 0.338 e. The van der Waals surface area contributed by atoms with Crippen molar-refractivity contribution in [1.82, 2.24) is 0 Å². The third kappa shape index (κ3) is 5.97. The molecule has 0 saturated heterocycles. The number of esters is 1. The first-order valence-electron chi connectivity index (χ1n) is 9.72. The van der Waals surface area contributed by atoms with E-state index in [1.807, 2.05) is 66.7 Å². The summed E-state index contributed by atoms with van der Waals surface area (Å²) in [4.78, 5) is 26.6. The molecule has 0 saturated carbocycles. The van der Waals surface area contributed by atoms with Crippen LogP contribution in [-0.2, 0) is 14.9 Å². The fraction of sp³-hybridized carbons (Fsp3) is 0.200. The van der Waals surface area contributed by atoms with Gasteiger partial charge in [0, 0.05) is 9.79 Å². The van der Waals surface area contributed by atoms with Gasteiger partial charge in [-0.2, -0.15) is 0 Å². The Morgan fingerprint density at radius 2 is 1.50 bits per heavy atom. The predicted octanol–water partition coefficient (Wildman–Crippen LogP) is 5.93. The van der Waals surface area contributed by atoms with E-state index < -0.39 is 5.97 Å². The smallest absolute Gasteiger partial charge is 0.338 e. The van der Waals surface area contributed by atoms with E-state index in [9.17, 15) is 9.59 Å². The number of benzene rings is 3. The fourth-order valence-electron chi connectivity index (χ4n) is 2.78. The van der Waals surface area contributed by atoms with Crippen molar-refractivity contribution >= 4 is 29.3 Å². The number of carbonyl (C=O) groups excluding carboxylic acids is 2. The SMILES string of the molecule is CC(C)(C)c1ccc(C(=O)OCC(=O)Nc2ccccc2Sc2ccccc2)cc1. The Bertz CT molecular complexity index is 1010. The van der Waals surface area contributed by atoms with Crippen molar-refractivity contribution in [2.24, 2.45) is 0 Å². The van der Waals surface area contributed by atoms with Crippen LogP contribution in [0.2, 0.25) is 0 Å². The maximum absolute atomic E-state index is 12.3. The van der Waals surface area contributed by atoms with Gasteiger partial charge in [-0.3, -0.25) is 4.79 Å². The highest BCUT2D eigenvalue weighted by atomic mass is 32.2. The number of rotatable bonds is 6. The molecule has 5 heteroatoms. The summed E-state index contributed by atoms with van der Waals surface area (Å²) in [5.41, 5.74) is 2.25. The summed E-state index contributed by atoms with van der Waals surface area (Å²) in [7, 11) is 0. The molecule has 3 aromatic rings. The highest BCUT2D eigenvalue weighted by Gasteiger charge is 2.16. The number of nitrogens with one attached hydrogen (secondary N) is 1. The van der Waals surface area contributed by atoms with Gasteiger partial charge in [0.2, 0.25) is 0 Å². The highest BCUT2D eigenvalue weighted by molar-refractivity contribution is 7.99. The van der Waals surface area contributed by atoms with Gasteiger partial charge in [-0.05, 0) is 47.4 Å². The molecule has 1 N–H and O–H groups in total. The molecule has 3 rings (SSSR count). The van der Waals surface area contributed by atoms with Crippen LogP contribution in [0, 0.1) is 0 Å². The first-order valence-corrected chi connectivity index (χ1v) is 10.5. The van der Waals surface area contributed by atoms with E-state index in [4.69, 9.17) is 4.74 Å². The molecule has 0 fully saturated rings. The molecule has 0 radical (unpaired) electrons. The average molecular weight is 420 g/mol. The Kier molecular flexibility index (Phi) is 6.95. The van der Waals surface area contributed by atoms with Crippen molar-refractivity contribution in [1.29, 1.82) is 0 Å². The Labute approximate surface area is 181 Å². The Hall–Kier alpha value is -3.05. The Balaban J connectivity index is 1.58. The molecule has 0 heterocycles. The van der Waals surface area contributed by atoms with E-state index in [0.29, 0.717) is 11.3 Å². The molecular formula is C25H25NO3S. The largest absolute Gasteiger partial charge is 0.452 e. The molecule has 0 unspecified atom stereocenters. The molecular weight excluding hydrogens is 394 g/mol. The van der Waals surface area contributed by atoms with Crippen LogP contribution in [0.1, 0.15) is 36.7 Å².